The summed E-state index contributed by atoms with van der Waals surface area (Å²) in [4.78, 5) is 26.4. The second-order valence-electron chi connectivity index (χ2n) is 5.67. The highest BCUT2D eigenvalue weighted by atomic mass is 19.1. The largest absolute Gasteiger partial charge is 0.271 e. The molecule has 2 aliphatic rings. The second-order valence-corrected chi connectivity index (χ2v) is 5.67. The number of fused-ring (bicyclic) bond motifs is 1. The fourth-order valence-electron chi connectivity index (χ4n) is 3.01. The van der Waals surface area contributed by atoms with Gasteiger partial charge in [-0.3, -0.25) is 14.6 Å². The third-order valence-electron chi connectivity index (χ3n) is 4.11. The lowest BCUT2D eigenvalue weighted by molar-refractivity contribution is -0.123. The molecule has 0 saturated carbocycles. The summed E-state index contributed by atoms with van der Waals surface area (Å²) in [7, 11) is 0. The van der Waals surface area contributed by atoms with Crippen LogP contribution >= 0.6 is 0 Å². The summed E-state index contributed by atoms with van der Waals surface area (Å²) in [6, 6.07) is 13.2. The van der Waals surface area contributed by atoms with Crippen LogP contribution in [0.3, 0.4) is 0 Å². The van der Waals surface area contributed by atoms with E-state index in [0.29, 0.717) is 11.3 Å². The molecule has 0 aromatic heterocycles. The fourth-order valence-corrected chi connectivity index (χ4v) is 3.01. The van der Waals surface area contributed by atoms with Crippen LogP contribution in [0.25, 0.3) is 0 Å². The number of imide groups is 1. The van der Waals surface area contributed by atoms with Crippen molar-refractivity contribution in [3.05, 3.63) is 66.0 Å². The molecule has 0 spiro atoms. The average Bonchev–Trinajstić information content (AvgIpc) is 3.09. The molecule has 0 N–H and O–H groups in total. The Hall–Kier alpha value is -3.09. The van der Waals surface area contributed by atoms with E-state index >= 15 is 0 Å². The van der Waals surface area contributed by atoms with E-state index in [1.54, 1.807) is 36.4 Å². The number of hydrogen-bond donors (Lipinski definition) is 0. The smallest absolute Gasteiger partial charge is 0.263 e. The van der Waals surface area contributed by atoms with Gasteiger partial charge in [0.2, 0.25) is 0 Å². The highest BCUT2D eigenvalue weighted by Gasteiger charge is 2.54. The normalized spacial score (nSPS) is 22.4. The maximum atomic E-state index is 13.3. The average molecular weight is 324 g/mol. The Labute approximate surface area is 137 Å². The van der Waals surface area contributed by atoms with E-state index < -0.39 is 12.1 Å². The second kappa shape index (κ2) is 5.52. The molecule has 0 radical (unpaired) electrons. The number of rotatable bonds is 3. The number of anilines is 1. The molecule has 24 heavy (non-hydrogen) atoms. The van der Waals surface area contributed by atoms with Crippen molar-refractivity contribution in [2.24, 2.45) is 10.3 Å². The van der Waals surface area contributed by atoms with Gasteiger partial charge in [0.05, 0.1) is 12.2 Å². The number of para-hydroxylation sites is 1. The lowest BCUT2D eigenvalue weighted by Gasteiger charge is -2.20. The van der Waals surface area contributed by atoms with Gasteiger partial charge in [0.1, 0.15) is 5.82 Å². The predicted octanol–water partition coefficient (Wildman–Crippen LogP) is 2.32. The van der Waals surface area contributed by atoms with Gasteiger partial charge in [-0.25, -0.2) is 9.29 Å². The van der Waals surface area contributed by atoms with E-state index in [4.69, 9.17) is 0 Å². The Balaban J connectivity index is 1.61. The third kappa shape index (κ3) is 2.25. The van der Waals surface area contributed by atoms with Gasteiger partial charge < -0.3 is 0 Å². The molecule has 2 aromatic carbocycles. The molecule has 2 atom stereocenters. The zero-order valence-electron chi connectivity index (χ0n) is 12.5. The first-order chi connectivity index (χ1) is 11.6. The molecular formula is C17H13FN4O2. The molecule has 0 aliphatic carbocycles. The van der Waals surface area contributed by atoms with Gasteiger partial charge in [-0.05, 0) is 29.8 Å². The Kier molecular flexibility index (Phi) is 3.34. The maximum absolute atomic E-state index is 13.3. The third-order valence-corrected chi connectivity index (χ3v) is 4.11. The molecule has 2 amide bonds. The van der Waals surface area contributed by atoms with Crippen LogP contribution in [0.4, 0.5) is 10.1 Å². The van der Waals surface area contributed by atoms with Gasteiger partial charge in [-0.2, -0.15) is 5.11 Å². The molecule has 6 nitrogen and oxygen atoms in total. The SMILES string of the molecule is O=C1[C@@H]2N=NN(Cc3cccc(F)c3)[C@H]2C(=O)N1c1ccccc1. The topological polar surface area (TPSA) is 65.3 Å². The Morgan fingerprint density at radius 1 is 1.00 bits per heavy atom. The number of carbonyl (C=O) groups excluding carboxylic acids is 2. The van der Waals surface area contributed by atoms with E-state index in [1.165, 1.54) is 17.1 Å². The Morgan fingerprint density at radius 2 is 1.79 bits per heavy atom. The van der Waals surface area contributed by atoms with E-state index in [9.17, 15) is 14.0 Å². The van der Waals surface area contributed by atoms with Crippen molar-refractivity contribution in [2.45, 2.75) is 18.6 Å². The summed E-state index contributed by atoms with van der Waals surface area (Å²) in [6.07, 6.45) is 0. The highest BCUT2D eigenvalue weighted by molar-refractivity contribution is 6.25. The first kappa shape index (κ1) is 14.5. The molecule has 4 rings (SSSR count). The summed E-state index contributed by atoms with van der Waals surface area (Å²) in [5.41, 5.74) is 1.18. The van der Waals surface area contributed by atoms with E-state index in [1.807, 2.05) is 6.07 Å². The van der Waals surface area contributed by atoms with E-state index in [0.717, 1.165) is 4.90 Å². The van der Waals surface area contributed by atoms with Crippen LogP contribution in [0.2, 0.25) is 0 Å². The minimum Gasteiger partial charge on any atom is -0.271 e. The van der Waals surface area contributed by atoms with Crippen molar-refractivity contribution in [1.29, 1.82) is 0 Å². The van der Waals surface area contributed by atoms with Crippen molar-refractivity contribution >= 4 is 17.5 Å². The summed E-state index contributed by atoms with van der Waals surface area (Å²) in [5, 5.41) is 9.34. The van der Waals surface area contributed by atoms with Crippen molar-refractivity contribution in [1.82, 2.24) is 5.01 Å². The van der Waals surface area contributed by atoms with Crippen molar-refractivity contribution in [3.8, 4) is 0 Å². The van der Waals surface area contributed by atoms with Crippen molar-refractivity contribution in [3.63, 3.8) is 0 Å². The first-order valence-corrected chi connectivity index (χ1v) is 7.50. The monoisotopic (exact) mass is 324 g/mol. The molecule has 1 saturated heterocycles. The van der Waals surface area contributed by atoms with Crippen molar-refractivity contribution in [2.75, 3.05) is 4.90 Å². The number of nitrogens with zero attached hydrogens (tertiary/aromatic N) is 4. The Bertz CT molecular complexity index is 839. The molecule has 7 heteroatoms. The minimum atomic E-state index is -0.841. The summed E-state index contributed by atoms with van der Waals surface area (Å²) < 4.78 is 13.3. The zero-order valence-corrected chi connectivity index (χ0v) is 12.5. The van der Waals surface area contributed by atoms with Crippen LogP contribution < -0.4 is 4.90 Å². The summed E-state index contributed by atoms with van der Waals surface area (Å²) >= 11 is 0. The van der Waals surface area contributed by atoms with Crippen LogP contribution in [0, 0.1) is 5.82 Å². The molecule has 120 valence electrons. The van der Waals surface area contributed by atoms with E-state index in [-0.39, 0.29) is 24.2 Å². The van der Waals surface area contributed by atoms with Crippen LogP contribution in [0.1, 0.15) is 5.56 Å². The number of hydrogen-bond acceptors (Lipinski definition) is 5. The van der Waals surface area contributed by atoms with Crippen LogP contribution in [0.5, 0.6) is 0 Å². The zero-order chi connectivity index (χ0) is 16.7. The minimum absolute atomic E-state index is 0.212. The number of benzene rings is 2. The van der Waals surface area contributed by atoms with E-state index in [2.05, 4.69) is 10.3 Å². The van der Waals surface area contributed by atoms with Gasteiger partial charge in [0, 0.05) is 0 Å². The molecule has 2 aliphatic heterocycles. The van der Waals surface area contributed by atoms with Crippen molar-refractivity contribution < 1.29 is 14.0 Å². The van der Waals surface area contributed by atoms with Gasteiger partial charge in [-0.15, -0.1) is 0 Å². The first-order valence-electron chi connectivity index (χ1n) is 7.50. The van der Waals surface area contributed by atoms with Gasteiger partial charge in [0.25, 0.3) is 11.8 Å². The molecule has 0 unspecified atom stereocenters. The van der Waals surface area contributed by atoms with Gasteiger partial charge in [-0.1, -0.05) is 35.6 Å². The highest BCUT2D eigenvalue weighted by Crippen LogP contribution is 2.32. The molecule has 2 heterocycles. The summed E-state index contributed by atoms with van der Waals surface area (Å²) in [6.45, 7) is 0.212. The number of halogens is 1. The molecular weight excluding hydrogens is 311 g/mol. The predicted molar refractivity (Wildman–Crippen MR) is 83.3 cm³/mol. The molecule has 1 fully saturated rings. The lowest BCUT2D eigenvalue weighted by atomic mass is 10.1. The Morgan fingerprint density at radius 3 is 2.54 bits per heavy atom. The lowest BCUT2D eigenvalue weighted by Crippen LogP contribution is -2.39. The molecule has 0 bridgehead atoms. The number of carbonyl (C=O) groups is 2. The van der Waals surface area contributed by atoms with Crippen LogP contribution in [-0.2, 0) is 16.1 Å². The quantitative estimate of drug-likeness (QED) is 0.814. The summed E-state index contributed by atoms with van der Waals surface area (Å²) in [5.74, 6) is -1.11. The molecule has 2 aromatic rings. The van der Waals surface area contributed by atoms with Gasteiger partial charge >= 0.3 is 0 Å². The fraction of sp³-hybridized carbons (Fsp3) is 0.176. The van der Waals surface area contributed by atoms with Gasteiger partial charge in [0.15, 0.2) is 12.1 Å². The van der Waals surface area contributed by atoms with Crippen LogP contribution in [0.15, 0.2) is 64.9 Å². The maximum Gasteiger partial charge on any atom is 0.263 e. The standard InChI is InChI=1S/C17H13FN4O2/c18-12-6-4-5-11(9-12)10-21-15-14(19-20-21)16(23)22(17(15)24)13-7-2-1-3-8-13/h1-9,14-15H,10H2/t14-,15-/m1/s1. The van der Waals surface area contributed by atoms with Crippen LogP contribution in [-0.4, -0.2) is 28.9 Å². The number of amides is 2.